The Hall–Kier alpha value is -0.0800. The Kier molecular flexibility index (Phi) is 9.85. The van der Waals surface area contributed by atoms with Crippen LogP contribution < -0.4 is 5.32 Å². The normalized spacial score (nSPS) is 17.1. The van der Waals surface area contributed by atoms with Crippen LogP contribution in [0.1, 0.15) is 60.3 Å². The van der Waals surface area contributed by atoms with Crippen LogP contribution >= 0.6 is 0 Å². The molecule has 0 aromatic carbocycles. The predicted octanol–water partition coefficient (Wildman–Crippen LogP) is 3.85. The molecule has 3 atom stereocenters. The first kappa shape index (κ1) is 16.9. The minimum absolute atomic E-state index is 0.358. The fraction of sp³-hybridized carbons (Fsp3) is 1.00. The van der Waals surface area contributed by atoms with Gasteiger partial charge in [-0.3, -0.25) is 0 Å². The minimum Gasteiger partial charge on any atom is -0.380 e. The summed E-state index contributed by atoms with van der Waals surface area (Å²) in [5, 5.41) is 3.65. The van der Waals surface area contributed by atoms with Gasteiger partial charge in [0.05, 0.1) is 6.10 Å². The Labute approximate surface area is 109 Å². The average Bonchev–Trinajstić information content (AvgIpc) is 2.26. The van der Waals surface area contributed by atoms with E-state index in [2.05, 4.69) is 39.9 Å². The second kappa shape index (κ2) is 9.90. The van der Waals surface area contributed by atoms with Crippen LogP contribution in [0.25, 0.3) is 0 Å². The summed E-state index contributed by atoms with van der Waals surface area (Å²) >= 11 is 0. The van der Waals surface area contributed by atoms with Gasteiger partial charge in [0.15, 0.2) is 0 Å². The maximum Gasteiger partial charge on any atom is 0.0721 e. The molecule has 0 aliphatic carbocycles. The van der Waals surface area contributed by atoms with Gasteiger partial charge in [0.2, 0.25) is 0 Å². The highest BCUT2D eigenvalue weighted by molar-refractivity contribution is 4.78. The molecular formula is C15H33NO. The van der Waals surface area contributed by atoms with E-state index in [0.29, 0.717) is 12.1 Å². The molecule has 0 spiro atoms. The minimum atomic E-state index is 0.358. The van der Waals surface area contributed by atoms with E-state index in [4.69, 9.17) is 4.74 Å². The van der Waals surface area contributed by atoms with Crippen LogP contribution in [-0.2, 0) is 4.74 Å². The molecule has 2 nitrogen and oxygen atoms in total. The van der Waals surface area contributed by atoms with Gasteiger partial charge in [-0.25, -0.2) is 0 Å². The molecule has 0 saturated carbocycles. The Morgan fingerprint density at radius 3 is 2.12 bits per heavy atom. The smallest absolute Gasteiger partial charge is 0.0721 e. The molecular weight excluding hydrogens is 210 g/mol. The highest BCUT2D eigenvalue weighted by Crippen LogP contribution is 2.19. The summed E-state index contributed by atoms with van der Waals surface area (Å²) in [5.74, 6) is 1.56. The van der Waals surface area contributed by atoms with Gasteiger partial charge < -0.3 is 10.1 Å². The molecule has 0 bridgehead atoms. The number of hydrogen-bond acceptors (Lipinski definition) is 2. The fourth-order valence-corrected chi connectivity index (χ4v) is 2.65. The molecule has 0 saturated heterocycles. The van der Waals surface area contributed by atoms with E-state index in [0.717, 1.165) is 24.8 Å². The Morgan fingerprint density at radius 2 is 1.71 bits per heavy atom. The van der Waals surface area contributed by atoms with Crippen molar-refractivity contribution in [3.63, 3.8) is 0 Å². The summed E-state index contributed by atoms with van der Waals surface area (Å²) in [6, 6.07) is 0.513. The molecule has 17 heavy (non-hydrogen) atoms. The van der Waals surface area contributed by atoms with Crippen LogP contribution in [0.3, 0.4) is 0 Å². The third-order valence-electron chi connectivity index (χ3n) is 3.34. The predicted molar refractivity (Wildman–Crippen MR) is 76.4 cm³/mol. The summed E-state index contributed by atoms with van der Waals surface area (Å²) in [5.41, 5.74) is 0. The molecule has 0 aromatic rings. The lowest BCUT2D eigenvalue weighted by Gasteiger charge is -2.29. The van der Waals surface area contributed by atoms with Crippen molar-refractivity contribution in [2.24, 2.45) is 11.8 Å². The molecule has 0 radical (unpaired) electrons. The topological polar surface area (TPSA) is 21.3 Å². The Morgan fingerprint density at radius 1 is 1.06 bits per heavy atom. The second-order valence-corrected chi connectivity index (χ2v) is 5.71. The van der Waals surface area contributed by atoms with E-state index in [9.17, 15) is 0 Å². The van der Waals surface area contributed by atoms with Crippen molar-refractivity contribution in [2.75, 3.05) is 13.7 Å². The van der Waals surface area contributed by atoms with Crippen molar-refractivity contribution in [1.82, 2.24) is 5.32 Å². The van der Waals surface area contributed by atoms with Crippen LogP contribution in [0.5, 0.6) is 0 Å². The van der Waals surface area contributed by atoms with E-state index in [1.165, 1.54) is 19.3 Å². The molecule has 0 heterocycles. The molecule has 0 aliphatic rings. The number of ether oxygens (including phenoxy) is 1. The van der Waals surface area contributed by atoms with Crippen molar-refractivity contribution < 1.29 is 4.74 Å². The maximum absolute atomic E-state index is 5.60. The lowest BCUT2D eigenvalue weighted by atomic mass is 9.90. The largest absolute Gasteiger partial charge is 0.380 e. The zero-order valence-electron chi connectivity index (χ0n) is 12.8. The molecule has 104 valence electrons. The van der Waals surface area contributed by atoms with E-state index in [-0.39, 0.29) is 0 Å². The van der Waals surface area contributed by atoms with Crippen molar-refractivity contribution in [3.05, 3.63) is 0 Å². The van der Waals surface area contributed by atoms with Crippen LogP contribution in [0.15, 0.2) is 0 Å². The SMILES string of the molecule is CCCNC(CC(C)CC(C)C)C(CC)OC. The molecule has 1 N–H and O–H groups in total. The summed E-state index contributed by atoms with van der Waals surface area (Å²) in [4.78, 5) is 0. The number of methoxy groups -OCH3 is 1. The molecule has 0 amide bonds. The summed E-state index contributed by atoms with van der Waals surface area (Å²) in [6.45, 7) is 12.5. The molecule has 0 rings (SSSR count). The van der Waals surface area contributed by atoms with Crippen LogP contribution in [0, 0.1) is 11.8 Å². The monoisotopic (exact) mass is 243 g/mol. The maximum atomic E-state index is 5.60. The standard InChI is InChI=1S/C15H33NO/c1-7-9-16-14(15(8-2)17-6)11-13(5)10-12(3)4/h12-16H,7-11H2,1-6H3. The highest BCUT2D eigenvalue weighted by atomic mass is 16.5. The summed E-state index contributed by atoms with van der Waals surface area (Å²) in [7, 11) is 1.84. The van der Waals surface area contributed by atoms with Gasteiger partial charge >= 0.3 is 0 Å². The Balaban J connectivity index is 4.25. The number of rotatable bonds is 10. The van der Waals surface area contributed by atoms with Crippen molar-refractivity contribution in [2.45, 2.75) is 72.4 Å². The van der Waals surface area contributed by atoms with Crippen LogP contribution in [-0.4, -0.2) is 25.8 Å². The van der Waals surface area contributed by atoms with Gasteiger partial charge in [0, 0.05) is 13.2 Å². The number of hydrogen-bond donors (Lipinski definition) is 1. The second-order valence-electron chi connectivity index (χ2n) is 5.71. The molecule has 0 fully saturated rings. The third kappa shape index (κ3) is 7.77. The van der Waals surface area contributed by atoms with Crippen molar-refractivity contribution in [3.8, 4) is 0 Å². The van der Waals surface area contributed by atoms with Crippen molar-refractivity contribution >= 4 is 0 Å². The van der Waals surface area contributed by atoms with E-state index < -0.39 is 0 Å². The van der Waals surface area contributed by atoms with Gasteiger partial charge in [0.1, 0.15) is 0 Å². The molecule has 2 heteroatoms. The number of nitrogens with one attached hydrogen (secondary N) is 1. The van der Waals surface area contributed by atoms with Crippen molar-refractivity contribution in [1.29, 1.82) is 0 Å². The summed E-state index contributed by atoms with van der Waals surface area (Å²) in [6.07, 6.45) is 5.17. The molecule has 0 aromatic heterocycles. The lowest BCUT2D eigenvalue weighted by Crippen LogP contribution is -2.42. The van der Waals surface area contributed by atoms with E-state index in [1.807, 2.05) is 7.11 Å². The first-order valence-corrected chi connectivity index (χ1v) is 7.31. The van der Waals surface area contributed by atoms with Gasteiger partial charge in [0.25, 0.3) is 0 Å². The first-order valence-electron chi connectivity index (χ1n) is 7.31. The summed E-state index contributed by atoms with van der Waals surface area (Å²) < 4.78 is 5.60. The van der Waals surface area contributed by atoms with Gasteiger partial charge in [-0.15, -0.1) is 0 Å². The van der Waals surface area contributed by atoms with E-state index in [1.54, 1.807) is 0 Å². The van der Waals surface area contributed by atoms with Gasteiger partial charge in [-0.1, -0.05) is 34.6 Å². The van der Waals surface area contributed by atoms with Gasteiger partial charge in [-0.05, 0) is 44.1 Å². The quantitative estimate of drug-likeness (QED) is 0.629. The lowest BCUT2D eigenvalue weighted by molar-refractivity contribution is 0.0565. The third-order valence-corrected chi connectivity index (χ3v) is 3.34. The fourth-order valence-electron chi connectivity index (χ4n) is 2.65. The average molecular weight is 243 g/mol. The van der Waals surface area contributed by atoms with E-state index >= 15 is 0 Å². The van der Waals surface area contributed by atoms with Gasteiger partial charge in [-0.2, -0.15) is 0 Å². The highest BCUT2D eigenvalue weighted by Gasteiger charge is 2.21. The van der Waals surface area contributed by atoms with Crippen LogP contribution in [0.4, 0.5) is 0 Å². The first-order chi connectivity index (χ1) is 8.04. The zero-order valence-corrected chi connectivity index (χ0v) is 12.8. The Bertz CT molecular complexity index is 166. The molecule has 0 aliphatic heterocycles. The van der Waals surface area contributed by atoms with Crippen LogP contribution in [0.2, 0.25) is 0 Å². The zero-order chi connectivity index (χ0) is 13.3. The molecule has 3 unspecified atom stereocenters.